The zero-order chi connectivity index (χ0) is 15.5. The first-order valence-corrected chi connectivity index (χ1v) is 7.39. The number of carbonyl (C=O) groups excluding carboxylic acids is 1. The lowest BCUT2D eigenvalue weighted by Crippen LogP contribution is -2.42. The lowest BCUT2D eigenvalue weighted by Gasteiger charge is -2.33. The highest BCUT2D eigenvalue weighted by atomic mass is 79.9. The molecule has 1 unspecified atom stereocenters. The predicted octanol–water partition coefficient (Wildman–Crippen LogP) is 1.98. The summed E-state index contributed by atoms with van der Waals surface area (Å²) in [5.41, 5.74) is 6.01. The lowest BCUT2D eigenvalue weighted by atomic mass is 9.80. The number of amides is 1. The van der Waals surface area contributed by atoms with Gasteiger partial charge in [-0.1, -0.05) is 15.9 Å². The molecule has 1 spiro atoms. The molecule has 7 heteroatoms. The average molecular weight is 359 g/mol. The van der Waals surface area contributed by atoms with Gasteiger partial charge < -0.3 is 10.5 Å². The Balaban J connectivity index is 2.11. The largest absolute Gasteiger partial charge is 0.455 e. The van der Waals surface area contributed by atoms with Crippen molar-refractivity contribution >= 4 is 27.8 Å². The molecule has 0 fully saturated rings. The zero-order valence-corrected chi connectivity index (χ0v) is 13.2. The molecule has 1 atom stereocenters. The van der Waals surface area contributed by atoms with Gasteiger partial charge in [-0.15, -0.1) is 0 Å². The number of halogens is 1. The number of hydrogen-bond acceptors (Lipinski definition) is 5. The van der Waals surface area contributed by atoms with E-state index in [1.54, 1.807) is 31.6 Å². The number of aliphatic imine (C=N–C) groups is 1. The van der Waals surface area contributed by atoms with Crippen molar-refractivity contribution in [1.29, 1.82) is 0 Å². The van der Waals surface area contributed by atoms with Crippen molar-refractivity contribution in [3.63, 3.8) is 0 Å². The van der Waals surface area contributed by atoms with Crippen molar-refractivity contribution < 1.29 is 9.53 Å². The Morgan fingerprint density at radius 2 is 2.09 bits per heavy atom. The SMILES string of the molecule is CN1C(=O)C2(N=C1N)c1ccncc1Oc1ccc(Br)cc12. The zero-order valence-electron chi connectivity index (χ0n) is 11.6. The Bertz CT molecular complexity index is 851. The second-order valence-corrected chi connectivity index (χ2v) is 6.07. The molecule has 1 aromatic heterocycles. The van der Waals surface area contributed by atoms with E-state index >= 15 is 0 Å². The Morgan fingerprint density at radius 3 is 2.82 bits per heavy atom. The molecule has 3 heterocycles. The minimum Gasteiger partial charge on any atom is -0.455 e. The molecular formula is C15H11BrN4O2. The van der Waals surface area contributed by atoms with Crippen LogP contribution >= 0.6 is 15.9 Å². The van der Waals surface area contributed by atoms with E-state index in [2.05, 4.69) is 25.9 Å². The second kappa shape index (κ2) is 4.30. The van der Waals surface area contributed by atoms with E-state index in [-0.39, 0.29) is 11.9 Å². The molecular weight excluding hydrogens is 348 g/mol. The van der Waals surface area contributed by atoms with Gasteiger partial charge in [-0.3, -0.25) is 14.7 Å². The van der Waals surface area contributed by atoms with E-state index < -0.39 is 5.54 Å². The molecule has 0 saturated carbocycles. The van der Waals surface area contributed by atoms with Crippen molar-refractivity contribution in [3.05, 3.63) is 52.3 Å². The highest BCUT2D eigenvalue weighted by Crippen LogP contribution is 2.51. The summed E-state index contributed by atoms with van der Waals surface area (Å²) < 4.78 is 6.71. The van der Waals surface area contributed by atoms with Gasteiger partial charge >= 0.3 is 0 Å². The van der Waals surface area contributed by atoms with E-state index in [1.165, 1.54) is 4.90 Å². The van der Waals surface area contributed by atoms with Crippen molar-refractivity contribution in [2.24, 2.45) is 10.7 Å². The summed E-state index contributed by atoms with van der Waals surface area (Å²) in [6.45, 7) is 0. The van der Waals surface area contributed by atoms with E-state index in [1.807, 2.05) is 12.1 Å². The molecule has 110 valence electrons. The average Bonchev–Trinajstić information content (AvgIpc) is 2.74. The van der Waals surface area contributed by atoms with Crippen LogP contribution in [0.15, 0.2) is 46.1 Å². The minimum absolute atomic E-state index is 0.181. The summed E-state index contributed by atoms with van der Waals surface area (Å²) in [6, 6.07) is 7.23. The number of fused-ring (bicyclic) bond motifs is 4. The molecule has 2 N–H and O–H groups in total. The van der Waals surface area contributed by atoms with E-state index in [9.17, 15) is 4.79 Å². The first-order valence-electron chi connectivity index (χ1n) is 6.60. The van der Waals surface area contributed by atoms with Crippen LogP contribution in [-0.4, -0.2) is 28.8 Å². The second-order valence-electron chi connectivity index (χ2n) is 5.16. The summed E-state index contributed by atoms with van der Waals surface area (Å²) in [5, 5.41) is 0. The first kappa shape index (κ1) is 13.3. The normalized spacial score (nSPS) is 22.2. The summed E-state index contributed by atoms with van der Waals surface area (Å²) in [4.78, 5) is 22.9. The van der Waals surface area contributed by atoms with Crippen LogP contribution in [0, 0.1) is 0 Å². The standard InChI is InChI=1S/C15H11BrN4O2/c1-20-13(21)15(19-14(20)17)9-4-5-18-7-12(9)22-11-3-2-8(16)6-10(11)15/h2-7H,1H3,(H2,17,19). The maximum Gasteiger partial charge on any atom is 0.266 e. The number of benzene rings is 1. The molecule has 22 heavy (non-hydrogen) atoms. The number of aromatic nitrogens is 1. The van der Waals surface area contributed by atoms with Gasteiger partial charge in [-0.05, 0) is 24.3 Å². The molecule has 0 aliphatic carbocycles. The smallest absolute Gasteiger partial charge is 0.266 e. The van der Waals surface area contributed by atoms with Crippen molar-refractivity contribution in [2.45, 2.75) is 5.54 Å². The van der Waals surface area contributed by atoms with Crippen LogP contribution in [0.25, 0.3) is 0 Å². The number of likely N-dealkylation sites (N-methyl/N-ethyl adjacent to an activating group) is 1. The predicted molar refractivity (Wildman–Crippen MR) is 83.6 cm³/mol. The summed E-state index contributed by atoms with van der Waals surface area (Å²) >= 11 is 3.44. The number of ether oxygens (including phenoxy) is 1. The van der Waals surface area contributed by atoms with Crippen molar-refractivity contribution in [2.75, 3.05) is 7.05 Å². The number of rotatable bonds is 0. The van der Waals surface area contributed by atoms with Crippen LogP contribution in [0.2, 0.25) is 0 Å². The summed E-state index contributed by atoms with van der Waals surface area (Å²) in [7, 11) is 1.61. The van der Waals surface area contributed by atoms with Gasteiger partial charge in [0.1, 0.15) is 5.75 Å². The Hall–Kier alpha value is -2.41. The highest BCUT2D eigenvalue weighted by Gasteiger charge is 2.54. The number of hydrogen-bond donors (Lipinski definition) is 1. The Kier molecular flexibility index (Phi) is 2.59. The van der Waals surface area contributed by atoms with Crippen LogP contribution < -0.4 is 10.5 Å². The van der Waals surface area contributed by atoms with Gasteiger partial charge in [-0.25, -0.2) is 4.99 Å². The molecule has 0 radical (unpaired) electrons. The van der Waals surface area contributed by atoms with Crippen molar-refractivity contribution in [3.8, 4) is 11.5 Å². The van der Waals surface area contributed by atoms with Gasteiger partial charge in [0.15, 0.2) is 11.7 Å². The van der Waals surface area contributed by atoms with E-state index in [4.69, 9.17) is 10.5 Å². The number of nitrogens with zero attached hydrogens (tertiary/aromatic N) is 3. The van der Waals surface area contributed by atoms with E-state index in [0.717, 1.165) is 4.47 Å². The lowest BCUT2D eigenvalue weighted by molar-refractivity contribution is -0.129. The molecule has 2 aliphatic heterocycles. The van der Waals surface area contributed by atoms with Gasteiger partial charge in [-0.2, -0.15) is 0 Å². The number of carbonyl (C=O) groups is 1. The van der Waals surface area contributed by atoms with Crippen LogP contribution in [0.4, 0.5) is 0 Å². The maximum atomic E-state index is 13.0. The molecule has 6 nitrogen and oxygen atoms in total. The maximum absolute atomic E-state index is 13.0. The number of guanidine groups is 1. The van der Waals surface area contributed by atoms with E-state index in [0.29, 0.717) is 22.6 Å². The topological polar surface area (TPSA) is 80.8 Å². The van der Waals surface area contributed by atoms with Crippen LogP contribution in [-0.2, 0) is 10.3 Å². The number of nitrogens with two attached hydrogens (primary N) is 1. The fourth-order valence-corrected chi connectivity index (χ4v) is 3.25. The molecule has 1 amide bonds. The van der Waals surface area contributed by atoms with Gasteiger partial charge in [0, 0.05) is 28.8 Å². The molecule has 4 rings (SSSR count). The van der Waals surface area contributed by atoms with Gasteiger partial charge in [0.05, 0.1) is 6.20 Å². The van der Waals surface area contributed by atoms with Crippen LogP contribution in [0.1, 0.15) is 11.1 Å². The first-order chi connectivity index (χ1) is 10.5. The Labute approximate surface area is 134 Å². The quantitative estimate of drug-likeness (QED) is 0.780. The molecule has 2 aliphatic rings. The number of pyridine rings is 1. The molecule has 0 bridgehead atoms. The fourth-order valence-electron chi connectivity index (χ4n) is 2.89. The fraction of sp³-hybridized carbons (Fsp3) is 0.133. The third-order valence-corrected chi connectivity index (χ3v) is 4.46. The monoisotopic (exact) mass is 358 g/mol. The van der Waals surface area contributed by atoms with Crippen LogP contribution in [0.5, 0.6) is 11.5 Å². The third kappa shape index (κ3) is 1.51. The Morgan fingerprint density at radius 1 is 1.27 bits per heavy atom. The molecule has 2 aromatic rings. The van der Waals surface area contributed by atoms with Crippen molar-refractivity contribution in [1.82, 2.24) is 9.88 Å². The van der Waals surface area contributed by atoms with Gasteiger partial charge in [0.25, 0.3) is 5.91 Å². The third-order valence-electron chi connectivity index (χ3n) is 3.97. The van der Waals surface area contributed by atoms with Crippen LogP contribution in [0.3, 0.4) is 0 Å². The highest BCUT2D eigenvalue weighted by molar-refractivity contribution is 9.10. The molecule has 0 saturated heterocycles. The van der Waals surface area contributed by atoms with Gasteiger partial charge in [0.2, 0.25) is 5.54 Å². The summed E-state index contributed by atoms with van der Waals surface area (Å²) in [5.74, 6) is 1.06. The minimum atomic E-state index is -1.21. The summed E-state index contributed by atoms with van der Waals surface area (Å²) in [6.07, 6.45) is 3.20. The molecule has 1 aromatic carbocycles.